The van der Waals surface area contributed by atoms with Crippen LogP contribution in [0.3, 0.4) is 0 Å². The van der Waals surface area contributed by atoms with Gasteiger partial charge in [-0.15, -0.1) is 0 Å². The zero-order chi connectivity index (χ0) is 28.5. The summed E-state index contributed by atoms with van der Waals surface area (Å²) in [6, 6.07) is 29.0. The van der Waals surface area contributed by atoms with Crippen molar-refractivity contribution in [2.24, 2.45) is 5.92 Å². The molecule has 4 aromatic heterocycles. The average Bonchev–Trinajstić information content (AvgIpc) is 3.68. The number of aromatic amines is 1. The lowest BCUT2D eigenvalue weighted by atomic mass is 9.97. The first-order valence-corrected chi connectivity index (χ1v) is 14.2. The van der Waals surface area contributed by atoms with Crippen molar-refractivity contribution >= 4 is 10.9 Å². The summed E-state index contributed by atoms with van der Waals surface area (Å²) < 4.78 is 5.54. The zero-order valence-electron chi connectivity index (χ0n) is 23.6. The summed E-state index contributed by atoms with van der Waals surface area (Å²) in [7, 11) is 1.64. The molecule has 6 aromatic rings. The van der Waals surface area contributed by atoms with Gasteiger partial charge in [0, 0.05) is 49.1 Å². The molecule has 0 aliphatic carbocycles. The molecule has 1 fully saturated rings. The Morgan fingerprint density at radius 2 is 1.69 bits per heavy atom. The minimum absolute atomic E-state index is 0.302. The lowest BCUT2D eigenvalue weighted by Gasteiger charge is -2.16. The minimum Gasteiger partial charge on any atom is -0.481 e. The predicted octanol–water partition coefficient (Wildman–Crippen LogP) is 6.39. The summed E-state index contributed by atoms with van der Waals surface area (Å²) in [5, 5.41) is 8.51. The third kappa shape index (κ3) is 5.01. The Balaban J connectivity index is 1.12. The van der Waals surface area contributed by atoms with E-state index in [2.05, 4.69) is 86.6 Å². The maximum Gasteiger partial charge on any atom is 0.222 e. The summed E-state index contributed by atoms with van der Waals surface area (Å²) >= 11 is 0. The van der Waals surface area contributed by atoms with Gasteiger partial charge in [0.05, 0.1) is 23.7 Å². The number of methoxy groups -OCH3 is 1. The first-order chi connectivity index (χ1) is 20.7. The lowest BCUT2D eigenvalue weighted by molar-refractivity contribution is 0.318. The molecule has 0 saturated carbocycles. The molecule has 42 heavy (non-hydrogen) atoms. The molecule has 7 rings (SSSR count). The molecular formula is C34H31N7O. The summed E-state index contributed by atoms with van der Waals surface area (Å²) in [6.07, 6.45) is 3.51. The third-order valence-electron chi connectivity index (χ3n) is 8.05. The van der Waals surface area contributed by atoms with Crippen LogP contribution in [0, 0.1) is 5.92 Å². The number of nitrogens with zero attached hydrogens (tertiary/aromatic N) is 6. The molecule has 0 spiro atoms. The lowest BCUT2D eigenvalue weighted by Crippen LogP contribution is -2.20. The van der Waals surface area contributed by atoms with Gasteiger partial charge >= 0.3 is 0 Å². The Bertz CT molecular complexity index is 1820. The second kappa shape index (κ2) is 11.1. The van der Waals surface area contributed by atoms with E-state index in [1.165, 1.54) is 5.56 Å². The number of nitrogens with one attached hydrogen (secondary N) is 1. The van der Waals surface area contributed by atoms with Crippen LogP contribution in [0.2, 0.25) is 0 Å². The van der Waals surface area contributed by atoms with Gasteiger partial charge in [-0.1, -0.05) is 67.6 Å². The normalized spacial score (nSPS) is 17.1. The van der Waals surface area contributed by atoms with Crippen LogP contribution in [-0.2, 0) is 6.54 Å². The summed E-state index contributed by atoms with van der Waals surface area (Å²) in [6.45, 7) is 5.10. The van der Waals surface area contributed by atoms with E-state index in [-0.39, 0.29) is 0 Å². The maximum absolute atomic E-state index is 5.54. The Morgan fingerprint density at radius 3 is 2.48 bits per heavy atom. The molecule has 8 heteroatoms. The number of pyridine rings is 3. The molecule has 2 atom stereocenters. The molecular weight excluding hydrogens is 522 g/mol. The number of benzene rings is 2. The van der Waals surface area contributed by atoms with Crippen molar-refractivity contribution < 1.29 is 4.74 Å². The number of aromatic nitrogens is 6. The third-order valence-corrected chi connectivity index (χ3v) is 8.05. The largest absolute Gasteiger partial charge is 0.481 e. The molecule has 0 bridgehead atoms. The highest BCUT2D eigenvalue weighted by atomic mass is 16.5. The SMILES string of the molecule is COc1nccc2nc(-c3ccc(CN4C[C@H](c5nc(-c6ccccn6)n[nH]5)[C@@H](C)C4)cc3)c(-c3ccccc3)cc12. The van der Waals surface area contributed by atoms with Crippen molar-refractivity contribution in [1.82, 2.24) is 35.0 Å². The Morgan fingerprint density at radius 1 is 0.857 bits per heavy atom. The van der Waals surface area contributed by atoms with Gasteiger partial charge in [0.1, 0.15) is 11.5 Å². The van der Waals surface area contributed by atoms with E-state index in [1.807, 2.05) is 30.3 Å². The quantitative estimate of drug-likeness (QED) is 0.245. The van der Waals surface area contributed by atoms with Gasteiger partial charge in [0.2, 0.25) is 5.88 Å². The zero-order valence-corrected chi connectivity index (χ0v) is 23.6. The predicted molar refractivity (Wildman–Crippen MR) is 164 cm³/mol. The van der Waals surface area contributed by atoms with Gasteiger partial charge in [-0.05, 0) is 41.3 Å². The average molecular weight is 554 g/mol. The van der Waals surface area contributed by atoms with Gasteiger partial charge < -0.3 is 4.74 Å². The van der Waals surface area contributed by atoms with Crippen molar-refractivity contribution in [3.05, 3.63) is 109 Å². The molecule has 1 aliphatic heterocycles. The van der Waals surface area contributed by atoms with Crippen molar-refractivity contribution in [3.8, 4) is 39.8 Å². The molecule has 1 saturated heterocycles. The fourth-order valence-electron chi connectivity index (χ4n) is 5.92. The highest BCUT2D eigenvalue weighted by molar-refractivity contribution is 5.93. The van der Waals surface area contributed by atoms with Crippen LogP contribution in [0.25, 0.3) is 44.8 Å². The minimum atomic E-state index is 0.302. The number of fused-ring (bicyclic) bond motifs is 1. The van der Waals surface area contributed by atoms with Crippen molar-refractivity contribution in [3.63, 3.8) is 0 Å². The van der Waals surface area contributed by atoms with E-state index in [1.54, 1.807) is 19.5 Å². The Labute approximate surface area is 244 Å². The van der Waals surface area contributed by atoms with Crippen LogP contribution in [0.4, 0.5) is 0 Å². The molecule has 5 heterocycles. The fraction of sp³-hybridized carbons (Fsp3) is 0.206. The number of hydrogen-bond acceptors (Lipinski definition) is 7. The van der Waals surface area contributed by atoms with Crippen LogP contribution in [-0.4, -0.2) is 55.2 Å². The summed E-state index contributed by atoms with van der Waals surface area (Å²) in [5.74, 6) is 2.93. The number of rotatable bonds is 7. The molecule has 8 nitrogen and oxygen atoms in total. The number of ether oxygens (including phenoxy) is 1. The Hall–Kier alpha value is -4.95. The second-order valence-electron chi connectivity index (χ2n) is 10.9. The molecule has 1 aliphatic rings. The second-order valence-corrected chi connectivity index (χ2v) is 10.9. The van der Waals surface area contributed by atoms with Gasteiger partial charge in [-0.25, -0.2) is 15.0 Å². The summed E-state index contributed by atoms with van der Waals surface area (Å²) in [4.78, 5) is 21.1. The van der Waals surface area contributed by atoms with E-state index in [0.29, 0.717) is 23.5 Å². The smallest absolute Gasteiger partial charge is 0.222 e. The molecule has 1 N–H and O–H groups in total. The van der Waals surface area contributed by atoms with Gasteiger partial charge in [-0.2, -0.15) is 5.10 Å². The Kier molecular flexibility index (Phi) is 6.89. The van der Waals surface area contributed by atoms with Gasteiger partial charge in [-0.3, -0.25) is 15.0 Å². The van der Waals surface area contributed by atoms with Crippen LogP contribution in [0.15, 0.2) is 97.3 Å². The first-order valence-electron chi connectivity index (χ1n) is 14.2. The highest BCUT2D eigenvalue weighted by Gasteiger charge is 2.33. The molecule has 2 aromatic carbocycles. The van der Waals surface area contributed by atoms with E-state index in [0.717, 1.165) is 64.4 Å². The van der Waals surface area contributed by atoms with Crippen molar-refractivity contribution in [2.75, 3.05) is 20.2 Å². The van der Waals surface area contributed by atoms with Crippen molar-refractivity contribution in [2.45, 2.75) is 19.4 Å². The molecule has 0 unspecified atom stereocenters. The topological polar surface area (TPSA) is 92.7 Å². The molecule has 0 amide bonds. The summed E-state index contributed by atoms with van der Waals surface area (Å²) in [5.41, 5.74) is 7.09. The van der Waals surface area contributed by atoms with Crippen LogP contribution >= 0.6 is 0 Å². The van der Waals surface area contributed by atoms with Gasteiger partial charge in [0.15, 0.2) is 5.82 Å². The van der Waals surface area contributed by atoms with Crippen molar-refractivity contribution in [1.29, 1.82) is 0 Å². The van der Waals surface area contributed by atoms with E-state index >= 15 is 0 Å². The number of H-pyrrole nitrogens is 1. The van der Waals surface area contributed by atoms with Crippen LogP contribution < -0.4 is 4.74 Å². The standard InChI is InChI=1S/C34H31N7O/c1-22-19-41(21-28(22)32-38-33(40-39-32)30-10-6-7-16-35-30)20-23-11-13-25(14-12-23)31-26(24-8-4-3-5-9-24)18-27-29(37-31)15-17-36-34(27)42-2/h3-18,22,28H,19-21H2,1-2H3,(H,38,39,40)/t22-,28-/m0/s1. The van der Waals surface area contributed by atoms with E-state index < -0.39 is 0 Å². The monoisotopic (exact) mass is 553 g/mol. The number of likely N-dealkylation sites (tertiary alicyclic amines) is 1. The first kappa shape index (κ1) is 26.0. The fourth-order valence-corrected chi connectivity index (χ4v) is 5.92. The van der Waals surface area contributed by atoms with Crippen LogP contribution in [0.5, 0.6) is 5.88 Å². The molecule has 208 valence electrons. The maximum atomic E-state index is 5.54. The highest BCUT2D eigenvalue weighted by Crippen LogP contribution is 2.36. The van der Waals surface area contributed by atoms with E-state index in [4.69, 9.17) is 14.7 Å². The van der Waals surface area contributed by atoms with Gasteiger partial charge in [0.25, 0.3) is 0 Å². The molecule has 0 radical (unpaired) electrons. The van der Waals surface area contributed by atoms with E-state index in [9.17, 15) is 0 Å². The number of hydrogen-bond donors (Lipinski definition) is 1. The van der Waals surface area contributed by atoms with Crippen LogP contribution in [0.1, 0.15) is 24.2 Å².